The zero-order chi connectivity index (χ0) is 12.1. The fourth-order valence-electron chi connectivity index (χ4n) is 2.26. The average Bonchev–Trinajstić information content (AvgIpc) is 2.89. The van der Waals surface area contributed by atoms with Crippen LogP contribution in [0.15, 0.2) is 18.3 Å². The van der Waals surface area contributed by atoms with Gasteiger partial charge in [0.2, 0.25) is 0 Å². The second kappa shape index (κ2) is 5.77. The van der Waals surface area contributed by atoms with Crippen LogP contribution < -0.4 is 5.32 Å². The number of nitrogens with zero attached hydrogens (tertiary/aromatic N) is 1. The number of aliphatic hydroxyl groups excluding tert-OH is 1. The Hall–Kier alpha value is -1.42. The first-order chi connectivity index (χ1) is 8.29. The van der Waals surface area contributed by atoms with Gasteiger partial charge < -0.3 is 10.4 Å². The minimum Gasteiger partial charge on any atom is -0.390 e. The fraction of sp³-hybridized carbons (Fsp3) is 0.538. The average molecular weight is 234 g/mol. The molecule has 17 heavy (non-hydrogen) atoms. The van der Waals surface area contributed by atoms with Gasteiger partial charge in [0.05, 0.1) is 12.3 Å². The SMILES string of the molecule is O=C(NCC1CCCC1)c1ccnc(CO)c1. The summed E-state index contributed by atoms with van der Waals surface area (Å²) in [7, 11) is 0. The summed E-state index contributed by atoms with van der Waals surface area (Å²) in [5.74, 6) is 0.562. The molecule has 1 aromatic rings. The van der Waals surface area contributed by atoms with Crippen LogP contribution in [0, 0.1) is 5.92 Å². The maximum absolute atomic E-state index is 11.8. The number of aromatic nitrogens is 1. The Bertz CT molecular complexity index is 387. The van der Waals surface area contributed by atoms with Crippen LogP contribution in [0.2, 0.25) is 0 Å². The Kier molecular flexibility index (Phi) is 4.09. The summed E-state index contributed by atoms with van der Waals surface area (Å²) in [4.78, 5) is 15.8. The van der Waals surface area contributed by atoms with Crippen LogP contribution in [-0.2, 0) is 6.61 Å². The first kappa shape index (κ1) is 12.0. The van der Waals surface area contributed by atoms with E-state index in [1.54, 1.807) is 18.3 Å². The van der Waals surface area contributed by atoms with Gasteiger partial charge in [0, 0.05) is 18.3 Å². The van der Waals surface area contributed by atoms with Crippen molar-refractivity contribution >= 4 is 5.91 Å². The highest BCUT2D eigenvalue weighted by atomic mass is 16.3. The second-order valence-electron chi connectivity index (χ2n) is 4.55. The molecule has 4 nitrogen and oxygen atoms in total. The van der Waals surface area contributed by atoms with Crippen LogP contribution in [0.1, 0.15) is 41.7 Å². The standard InChI is InChI=1S/C13H18N2O2/c16-9-12-7-11(5-6-14-12)13(17)15-8-10-3-1-2-4-10/h5-7,10,16H,1-4,8-9H2,(H,15,17). The molecular weight excluding hydrogens is 216 g/mol. The maximum Gasteiger partial charge on any atom is 0.251 e. The van der Waals surface area contributed by atoms with Gasteiger partial charge in [0.25, 0.3) is 5.91 Å². The van der Waals surface area contributed by atoms with E-state index in [0.717, 1.165) is 6.54 Å². The van der Waals surface area contributed by atoms with E-state index in [1.807, 2.05) is 0 Å². The lowest BCUT2D eigenvalue weighted by Crippen LogP contribution is -2.28. The molecule has 1 aromatic heterocycles. The van der Waals surface area contributed by atoms with E-state index in [0.29, 0.717) is 17.2 Å². The molecule has 1 saturated carbocycles. The highest BCUT2D eigenvalue weighted by Crippen LogP contribution is 2.23. The summed E-state index contributed by atoms with van der Waals surface area (Å²) < 4.78 is 0. The molecule has 0 radical (unpaired) electrons. The van der Waals surface area contributed by atoms with Crippen molar-refractivity contribution in [2.24, 2.45) is 5.92 Å². The predicted octanol–water partition coefficient (Wildman–Crippen LogP) is 1.49. The van der Waals surface area contributed by atoms with Gasteiger partial charge in [-0.25, -0.2) is 0 Å². The molecule has 1 heterocycles. The molecule has 0 saturated heterocycles. The number of aliphatic hydroxyl groups is 1. The Morgan fingerprint density at radius 2 is 2.24 bits per heavy atom. The van der Waals surface area contributed by atoms with Crippen molar-refractivity contribution in [2.75, 3.05) is 6.54 Å². The number of rotatable bonds is 4. The molecule has 92 valence electrons. The van der Waals surface area contributed by atoms with E-state index in [4.69, 9.17) is 5.11 Å². The van der Waals surface area contributed by atoms with Crippen LogP contribution in [-0.4, -0.2) is 22.5 Å². The topological polar surface area (TPSA) is 62.2 Å². The third-order valence-corrected chi connectivity index (χ3v) is 3.27. The highest BCUT2D eigenvalue weighted by molar-refractivity contribution is 5.94. The number of carbonyl (C=O) groups is 1. The smallest absolute Gasteiger partial charge is 0.251 e. The Balaban J connectivity index is 1.89. The van der Waals surface area contributed by atoms with Gasteiger partial charge in [-0.2, -0.15) is 0 Å². The normalized spacial score (nSPS) is 16.1. The molecule has 0 bridgehead atoms. The fourth-order valence-corrected chi connectivity index (χ4v) is 2.26. The predicted molar refractivity (Wildman–Crippen MR) is 64.5 cm³/mol. The molecule has 2 rings (SSSR count). The lowest BCUT2D eigenvalue weighted by molar-refractivity contribution is 0.0947. The summed E-state index contributed by atoms with van der Waals surface area (Å²) >= 11 is 0. The van der Waals surface area contributed by atoms with Crippen molar-refractivity contribution in [3.63, 3.8) is 0 Å². The Labute approximate surface area is 101 Å². The van der Waals surface area contributed by atoms with Crippen molar-refractivity contribution in [2.45, 2.75) is 32.3 Å². The monoisotopic (exact) mass is 234 g/mol. The maximum atomic E-state index is 11.8. The molecule has 2 N–H and O–H groups in total. The van der Waals surface area contributed by atoms with Crippen molar-refractivity contribution in [3.05, 3.63) is 29.6 Å². The van der Waals surface area contributed by atoms with E-state index in [2.05, 4.69) is 10.3 Å². The Morgan fingerprint density at radius 3 is 2.94 bits per heavy atom. The molecule has 1 aliphatic carbocycles. The summed E-state index contributed by atoms with van der Waals surface area (Å²) in [5, 5.41) is 11.9. The minimum absolute atomic E-state index is 0.0750. The van der Waals surface area contributed by atoms with Crippen molar-refractivity contribution in [3.8, 4) is 0 Å². The second-order valence-corrected chi connectivity index (χ2v) is 4.55. The molecule has 0 spiro atoms. The van der Waals surface area contributed by atoms with Crippen LogP contribution in [0.25, 0.3) is 0 Å². The number of carbonyl (C=O) groups excluding carboxylic acids is 1. The number of amides is 1. The quantitative estimate of drug-likeness (QED) is 0.829. The van der Waals surface area contributed by atoms with Gasteiger partial charge in [0.1, 0.15) is 0 Å². The molecular formula is C13H18N2O2. The first-order valence-corrected chi connectivity index (χ1v) is 6.13. The lowest BCUT2D eigenvalue weighted by atomic mass is 10.1. The van der Waals surface area contributed by atoms with E-state index >= 15 is 0 Å². The van der Waals surface area contributed by atoms with Gasteiger partial charge in [-0.05, 0) is 30.9 Å². The number of hydrogen-bond donors (Lipinski definition) is 2. The van der Waals surface area contributed by atoms with Gasteiger partial charge in [-0.3, -0.25) is 9.78 Å². The lowest BCUT2D eigenvalue weighted by Gasteiger charge is -2.10. The van der Waals surface area contributed by atoms with Crippen LogP contribution in [0.5, 0.6) is 0 Å². The van der Waals surface area contributed by atoms with Gasteiger partial charge in [0.15, 0.2) is 0 Å². The summed E-state index contributed by atoms with van der Waals surface area (Å²) in [5.41, 5.74) is 1.10. The number of hydrogen-bond acceptors (Lipinski definition) is 3. The van der Waals surface area contributed by atoms with Gasteiger partial charge in [-0.1, -0.05) is 12.8 Å². The molecule has 1 amide bonds. The van der Waals surface area contributed by atoms with Crippen LogP contribution >= 0.6 is 0 Å². The van der Waals surface area contributed by atoms with E-state index in [1.165, 1.54) is 25.7 Å². The zero-order valence-corrected chi connectivity index (χ0v) is 9.85. The summed E-state index contributed by atoms with van der Waals surface area (Å²) in [6.45, 7) is 0.624. The van der Waals surface area contributed by atoms with Crippen molar-refractivity contribution in [1.82, 2.24) is 10.3 Å². The zero-order valence-electron chi connectivity index (χ0n) is 9.85. The van der Waals surface area contributed by atoms with E-state index < -0.39 is 0 Å². The van der Waals surface area contributed by atoms with Crippen LogP contribution in [0.3, 0.4) is 0 Å². The van der Waals surface area contributed by atoms with Gasteiger partial charge >= 0.3 is 0 Å². The van der Waals surface area contributed by atoms with E-state index in [9.17, 15) is 4.79 Å². The molecule has 4 heteroatoms. The van der Waals surface area contributed by atoms with Gasteiger partial charge in [-0.15, -0.1) is 0 Å². The number of pyridine rings is 1. The first-order valence-electron chi connectivity index (χ1n) is 6.13. The third-order valence-electron chi connectivity index (χ3n) is 3.27. The van der Waals surface area contributed by atoms with Crippen molar-refractivity contribution in [1.29, 1.82) is 0 Å². The summed E-state index contributed by atoms with van der Waals surface area (Å²) in [6.07, 6.45) is 6.56. The summed E-state index contributed by atoms with van der Waals surface area (Å²) in [6, 6.07) is 3.30. The molecule has 1 aliphatic rings. The number of nitrogens with one attached hydrogen (secondary N) is 1. The van der Waals surface area contributed by atoms with E-state index in [-0.39, 0.29) is 12.5 Å². The largest absolute Gasteiger partial charge is 0.390 e. The minimum atomic E-state index is -0.135. The highest BCUT2D eigenvalue weighted by Gasteiger charge is 2.16. The molecule has 1 fully saturated rings. The molecule has 0 aromatic carbocycles. The molecule has 0 unspecified atom stereocenters. The molecule has 0 atom stereocenters. The Morgan fingerprint density at radius 1 is 1.47 bits per heavy atom. The molecule has 0 aliphatic heterocycles. The third kappa shape index (κ3) is 3.27. The van der Waals surface area contributed by atoms with Crippen molar-refractivity contribution < 1.29 is 9.90 Å². The van der Waals surface area contributed by atoms with Crippen LogP contribution in [0.4, 0.5) is 0 Å².